The van der Waals surface area contributed by atoms with Crippen LogP contribution in [0, 0.1) is 6.92 Å². The molecule has 0 saturated heterocycles. The summed E-state index contributed by atoms with van der Waals surface area (Å²) < 4.78 is 7.08. The normalized spacial score (nSPS) is 10.8. The third-order valence-electron chi connectivity index (χ3n) is 2.87. The molecule has 1 aromatic carbocycles. The number of aryl methyl sites for hydroxylation is 1. The van der Waals surface area contributed by atoms with Crippen molar-refractivity contribution in [3.05, 3.63) is 48.3 Å². The van der Waals surface area contributed by atoms with Crippen molar-refractivity contribution >= 4 is 10.8 Å². The van der Waals surface area contributed by atoms with Gasteiger partial charge in [0.25, 0.3) is 0 Å². The first kappa shape index (κ1) is 10.8. The molecule has 0 amide bonds. The van der Waals surface area contributed by atoms with Crippen molar-refractivity contribution in [2.75, 3.05) is 7.11 Å². The number of benzene rings is 1. The van der Waals surface area contributed by atoms with Crippen molar-refractivity contribution in [2.24, 2.45) is 0 Å². The average Bonchev–Trinajstić information content (AvgIpc) is 2.90. The molecule has 2 heterocycles. The van der Waals surface area contributed by atoms with Gasteiger partial charge in [-0.2, -0.15) is 10.1 Å². The summed E-state index contributed by atoms with van der Waals surface area (Å²) in [6.45, 7) is 2.07. The van der Waals surface area contributed by atoms with Gasteiger partial charge in [-0.1, -0.05) is 17.7 Å². The van der Waals surface area contributed by atoms with Gasteiger partial charge in [-0.05, 0) is 30.5 Å². The van der Waals surface area contributed by atoms with Crippen LogP contribution < -0.4 is 4.74 Å². The molecule has 2 aromatic heterocycles. The van der Waals surface area contributed by atoms with Gasteiger partial charge in [-0.25, -0.2) is 4.68 Å². The third-order valence-corrected chi connectivity index (χ3v) is 2.87. The summed E-state index contributed by atoms with van der Waals surface area (Å²) in [7, 11) is 1.63. The maximum Gasteiger partial charge on any atom is 0.223 e. The smallest absolute Gasteiger partial charge is 0.223 e. The fourth-order valence-electron chi connectivity index (χ4n) is 2.01. The molecular weight excluding hydrogens is 226 g/mol. The minimum atomic E-state index is 0.623. The summed E-state index contributed by atoms with van der Waals surface area (Å²) in [6, 6.07) is 10.1. The van der Waals surface area contributed by atoms with E-state index in [2.05, 4.69) is 29.1 Å². The first-order chi connectivity index (χ1) is 8.78. The van der Waals surface area contributed by atoms with Gasteiger partial charge < -0.3 is 4.74 Å². The molecule has 0 bridgehead atoms. The zero-order chi connectivity index (χ0) is 12.5. The summed E-state index contributed by atoms with van der Waals surface area (Å²) in [5.41, 5.74) is 1.21. The number of pyridine rings is 1. The number of ether oxygens (including phenoxy) is 1. The Morgan fingerprint density at radius 3 is 2.83 bits per heavy atom. The molecule has 0 aliphatic carbocycles. The predicted octanol–water partition coefficient (Wildman–Crippen LogP) is 2.74. The molecule has 0 unspecified atom stereocenters. The second-order valence-electron chi connectivity index (χ2n) is 4.16. The lowest BCUT2D eigenvalue weighted by molar-refractivity contribution is 0.402. The van der Waals surface area contributed by atoms with E-state index in [0.29, 0.717) is 5.88 Å². The molecule has 4 heteroatoms. The van der Waals surface area contributed by atoms with Crippen LogP contribution in [0.2, 0.25) is 0 Å². The Morgan fingerprint density at radius 1 is 1.22 bits per heavy atom. The van der Waals surface area contributed by atoms with Crippen molar-refractivity contribution in [1.82, 2.24) is 14.8 Å². The fourth-order valence-corrected chi connectivity index (χ4v) is 2.01. The molecule has 3 rings (SSSR count). The van der Waals surface area contributed by atoms with Crippen molar-refractivity contribution in [3.63, 3.8) is 0 Å². The Bertz CT molecular complexity index is 690. The topological polar surface area (TPSA) is 39.9 Å². The number of hydrogen-bond donors (Lipinski definition) is 0. The summed E-state index contributed by atoms with van der Waals surface area (Å²) in [4.78, 5) is 4.47. The van der Waals surface area contributed by atoms with Crippen molar-refractivity contribution in [3.8, 4) is 11.7 Å². The Hall–Kier alpha value is -2.36. The molecule has 0 radical (unpaired) electrons. The van der Waals surface area contributed by atoms with Crippen LogP contribution in [0.5, 0.6) is 5.88 Å². The van der Waals surface area contributed by atoms with Gasteiger partial charge in [0.15, 0.2) is 5.82 Å². The highest BCUT2D eigenvalue weighted by Gasteiger charge is 2.07. The second kappa shape index (κ2) is 4.14. The molecule has 0 atom stereocenters. The molecule has 0 aliphatic heterocycles. The Morgan fingerprint density at radius 2 is 2.11 bits per heavy atom. The van der Waals surface area contributed by atoms with Crippen LogP contribution in [0.15, 0.2) is 42.7 Å². The van der Waals surface area contributed by atoms with E-state index < -0.39 is 0 Å². The van der Waals surface area contributed by atoms with Crippen LogP contribution in [0.4, 0.5) is 0 Å². The van der Waals surface area contributed by atoms with Gasteiger partial charge >= 0.3 is 0 Å². The number of hydrogen-bond acceptors (Lipinski definition) is 3. The summed E-state index contributed by atoms with van der Waals surface area (Å²) in [6.07, 6.45) is 3.60. The van der Waals surface area contributed by atoms with Crippen molar-refractivity contribution in [2.45, 2.75) is 6.92 Å². The molecule has 3 aromatic rings. The largest absolute Gasteiger partial charge is 0.480 e. The zero-order valence-corrected chi connectivity index (χ0v) is 10.3. The molecule has 0 fully saturated rings. The SMILES string of the molecule is COc1nc(-n2cccn2)cc2cc(C)ccc12. The minimum Gasteiger partial charge on any atom is -0.480 e. The Kier molecular flexibility index (Phi) is 2.48. The highest BCUT2D eigenvalue weighted by Crippen LogP contribution is 2.26. The lowest BCUT2D eigenvalue weighted by Gasteiger charge is -2.08. The zero-order valence-electron chi connectivity index (χ0n) is 10.3. The number of aromatic nitrogens is 3. The second-order valence-corrected chi connectivity index (χ2v) is 4.16. The van der Waals surface area contributed by atoms with E-state index in [9.17, 15) is 0 Å². The fraction of sp³-hybridized carbons (Fsp3) is 0.143. The quantitative estimate of drug-likeness (QED) is 0.690. The molecule has 0 spiro atoms. The van der Waals surface area contributed by atoms with E-state index in [4.69, 9.17) is 4.74 Å². The van der Waals surface area contributed by atoms with E-state index in [1.165, 1.54) is 5.56 Å². The van der Waals surface area contributed by atoms with Gasteiger partial charge in [0.2, 0.25) is 5.88 Å². The van der Waals surface area contributed by atoms with Crippen molar-refractivity contribution in [1.29, 1.82) is 0 Å². The highest BCUT2D eigenvalue weighted by molar-refractivity contribution is 5.88. The maximum atomic E-state index is 5.35. The van der Waals surface area contributed by atoms with Gasteiger partial charge in [0, 0.05) is 17.8 Å². The Balaban J connectivity index is 2.29. The number of rotatable bonds is 2. The number of methoxy groups -OCH3 is 1. The number of fused-ring (bicyclic) bond motifs is 1. The molecule has 18 heavy (non-hydrogen) atoms. The molecule has 90 valence electrons. The predicted molar refractivity (Wildman–Crippen MR) is 70.2 cm³/mol. The van der Waals surface area contributed by atoms with Crippen LogP contribution in [0.3, 0.4) is 0 Å². The minimum absolute atomic E-state index is 0.623. The van der Waals surface area contributed by atoms with Crippen LogP contribution in [-0.4, -0.2) is 21.9 Å². The molecule has 4 nitrogen and oxygen atoms in total. The monoisotopic (exact) mass is 239 g/mol. The first-order valence-electron chi connectivity index (χ1n) is 5.73. The van der Waals surface area contributed by atoms with E-state index >= 15 is 0 Å². The standard InChI is InChI=1S/C14H13N3O/c1-10-4-5-12-11(8-10)9-13(16-14(12)18-2)17-7-3-6-15-17/h3-9H,1-2H3. The van der Waals surface area contributed by atoms with Crippen LogP contribution in [0.1, 0.15) is 5.56 Å². The van der Waals surface area contributed by atoms with Crippen molar-refractivity contribution < 1.29 is 4.74 Å². The summed E-state index contributed by atoms with van der Waals surface area (Å²) >= 11 is 0. The molecule has 0 N–H and O–H groups in total. The van der Waals surface area contributed by atoms with Gasteiger partial charge in [0.1, 0.15) is 0 Å². The van der Waals surface area contributed by atoms with E-state index in [1.807, 2.05) is 24.4 Å². The maximum absolute atomic E-state index is 5.35. The van der Waals surface area contributed by atoms with Gasteiger partial charge in [-0.15, -0.1) is 0 Å². The molecule has 0 aliphatic rings. The first-order valence-corrected chi connectivity index (χ1v) is 5.73. The van der Waals surface area contributed by atoms with E-state index in [-0.39, 0.29) is 0 Å². The van der Waals surface area contributed by atoms with Gasteiger partial charge in [-0.3, -0.25) is 0 Å². The van der Waals surface area contributed by atoms with Crippen LogP contribution >= 0.6 is 0 Å². The van der Waals surface area contributed by atoms with Crippen LogP contribution in [-0.2, 0) is 0 Å². The summed E-state index contributed by atoms with van der Waals surface area (Å²) in [5.74, 6) is 1.38. The number of nitrogens with zero attached hydrogens (tertiary/aromatic N) is 3. The van der Waals surface area contributed by atoms with Gasteiger partial charge in [0.05, 0.1) is 7.11 Å². The molecular formula is C14H13N3O. The Labute approximate surface area is 105 Å². The molecule has 0 saturated carbocycles. The average molecular weight is 239 g/mol. The highest BCUT2D eigenvalue weighted by atomic mass is 16.5. The lowest BCUT2D eigenvalue weighted by Crippen LogP contribution is -2.00. The summed E-state index contributed by atoms with van der Waals surface area (Å²) in [5, 5.41) is 6.31. The van der Waals surface area contributed by atoms with Crippen LogP contribution in [0.25, 0.3) is 16.6 Å². The van der Waals surface area contributed by atoms with E-state index in [0.717, 1.165) is 16.6 Å². The van der Waals surface area contributed by atoms with E-state index in [1.54, 1.807) is 18.0 Å². The lowest BCUT2D eigenvalue weighted by atomic mass is 10.1. The third kappa shape index (κ3) is 1.72.